The van der Waals surface area contributed by atoms with Gasteiger partial charge in [0.05, 0.1) is 21.1 Å². The minimum absolute atomic E-state index is 0.0568. The van der Waals surface area contributed by atoms with E-state index in [-0.39, 0.29) is 17.2 Å². The predicted molar refractivity (Wildman–Crippen MR) is 159 cm³/mol. The number of hydrogen-bond donors (Lipinski definition) is 1. The van der Waals surface area contributed by atoms with Gasteiger partial charge in [0.25, 0.3) is 11.1 Å². The lowest BCUT2D eigenvalue weighted by atomic mass is 10.1. The van der Waals surface area contributed by atoms with E-state index in [4.69, 9.17) is 32.7 Å². The van der Waals surface area contributed by atoms with Crippen LogP contribution in [0.1, 0.15) is 16.7 Å². The molecule has 14 heteroatoms. The summed E-state index contributed by atoms with van der Waals surface area (Å²) < 4.78 is 50.9. The number of rotatable bonds is 8. The van der Waals surface area contributed by atoms with Gasteiger partial charge in [0.1, 0.15) is 13.2 Å². The van der Waals surface area contributed by atoms with Gasteiger partial charge in [0, 0.05) is 21.3 Å². The molecule has 0 unspecified atom stereocenters. The van der Waals surface area contributed by atoms with Gasteiger partial charge in [-0.3, -0.25) is 19.3 Å². The maximum Gasteiger partial charge on any atom is 0.416 e. The van der Waals surface area contributed by atoms with Gasteiger partial charge in [-0.2, -0.15) is 13.2 Å². The van der Waals surface area contributed by atoms with E-state index in [0.717, 1.165) is 23.1 Å². The molecule has 0 spiro atoms. The first-order chi connectivity index (χ1) is 19.3. The topological polar surface area (TPSA) is 84.9 Å². The Morgan fingerprint density at radius 1 is 1.12 bits per heavy atom. The standard InChI is InChI=1S/C27H18Cl2F3IN2O5S/c1-39-21-8-14(7-20(33)24(21)40-13-15-5-6-17(28)11-19(15)29)9-22-25(37)35(26(38)41-22)12-23(36)34-18-4-2-3-16(10-18)27(30,31)32/h2-11H,12-13H2,1H3,(H,34,36)/b22-9-. The zero-order valence-corrected chi connectivity index (χ0v) is 25.3. The second-order valence-electron chi connectivity index (χ2n) is 8.45. The van der Waals surface area contributed by atoms with Gasteiger partial charge >= 0.3 is 6.18 Å². The van der Waals surface area contributed by atoms with Crippen molar-refractivity contribution in [1.82, 2.24) is 4.90 Å². The van der Waals surface area contributed by atoms with Crippen LogP contribution in [0.15, 0.2) is 59.5 Å². The lowest BCUT2D eigenvalue weighted by molar-refractivity contribution is -0.137. The molecular formula is C27H18Cl2F3IN2O5S. The highest BCUT2D eigenvalue weighted by Gasteiger charge is 2.36. The van der Waals surface area contributed by atoms with Crippen LogP contribution < -0.4 is 14.8 Å². The SMILES string of the molecule is COc1cc(/C=C2\SC(=O)N(CC(=O)Nc3cccc(C(F)(F)F)c3)C2=O)cc(I)c1OCc1ccc(Cl)cc1Cl. The van der Waals surface area contributed by atoms with E-state index in [1.807, 2.05) is 22.6 Å². The number of methoxy groups -OCH3 is 1. The first-order valence-corrected chi connectivity index (χ1v) is 14.2. The molecule has 3 aromatic rings. The number of carbonyl (C=O) groups excluding carboxylic acids is 3. The van der Waals surface area contributed by atoms with Gasteiger partial charge in [0.2, 0.25) is 5.91 Å². The van der Waals surface area contributed by atoms with Crippen molar-refractivity contribution >= 4 is 86.4 Å². The summed E-state index contributed by atoms with van der Waals surface area (Å²) in [6.07, 6.45) is -3.12. The molecule has 7 nitrogen and oxygen atoms in total. The molecule has 1 aliphatic rings. The number of nitrogens with one attached hydrogen (secondary N) is 1. The van der Waals surface area contributed by atoms with Crippen molar-refractivity contribution in [3.05, 3.63) is 89.8 Å². The van der Waals surface area contributed by atoms with Gasteiger partial charge in [0.15, 0.2) is 11.5 Å². The van der Waals surface area contributed by atoms with Crippen molar-refractivity contribution in [3.8, 4) is 11.5 Å². The van der Waals surface area contributed by atoms with Crippen molar-refractivity contribution < 1.29 is 37.0 Å². The Hall–Kier alpha value is -2.94. The van der Waals surface area contributed by atoms with Crippen LogP contribution in [0, 0.1) is 3.57 Å². The Kier molecular flexibility index (Phi) is 9.77. The molecule has 0 saturated carbocycles. The molecule has 1 fully saturated rings. The number of imide groups is 1. The highest BCUT2D eigenvalue weighted by molar-refractivity contribution is 14.1. The third-order valence-electron chi connectivity index (χ3n) is 5.59. The van der Waals surface area contributed by atoms with Gasteiger partial charge in [-0.25, -0.2) is 0 Å². The lowest BCUT2D eigenvalue weighted by Gasteiger charge is -2.15. The largest absolute Gasteiger partial charge is 0.493 e. The smallest absolute Gasteiger partial charge is 0.416 e. The molecule has 0 bridgehead atoms. The minimum Gasteiger partial charge on any atom is -0.493 e. The van der Waals surface area contributed by atoms with E-state index in [0.29, 0.717) is 48.0 Å². The molecule has 0 radical (unpaired) electrons. The first-order valence-electron chi connectivity index (χ1n) is 11.5. The highest BCUT2D eigenvalue weighted by Crippen LogP contribution is 2.38. The molecular weight excluding hydrogens is 719 g/mol. The van der Waals surface area contributed by atoms with Crippen LogP contribution in [0.25, 0.3) is 6.08 Å². The Morgan fingerprint density at radius 3 is 2.56 bits per heavy atom. The maximum absolute atomic E-state index is 12.9. The molecule has 41 heavy (non-hydrogen) atoms. The molecule has 0 atom stereocenters. The van der Waals surface area contributed by atoms with Crippen LogP contribution in [0.5, 0.6) is 11.5 Å². The Balaban J connectivity index is 1.46. The molecule has 1 N–H and O–H groups in total. The highest BCUT2D eigenvalue weighted by atomic mass is 127. The van der Waals surface area contributed by atoms with Crippen LogP contribution in [-0.4, -0.2) is 35.6 Å². The van der Waals surface area contributed by atoms with Crippen LogP contribution >= 0.6 is 57.6 Å². The number of ether oxygens (including phenoxy) is 2. The Bertz CT molecular complexity index is 1570. The number of hydrogen-bond acceptors (Lipinski definition) is 6. The molecule has 0 aliphatic carbocycles. The van der Waals surface area contributed by atoms with E-state index in [2.05, 4.69) is 5.32 Å². The minimum atomic E-state index is -4.59. The second-order valence-corrected chi connectivity index (χ2v) is 11.5. The summed E-state index contributed by atoms with van der Waals surface area (Å²) in [5.74, 6) is -0.735. The van der Waals surface area contributed by atoms with Gasteiger partial charge in [-0.15, -0.1) is 0 Å². The number of carbonyl (C=O) groups is 3. The third-order valence-corrected chi connectivity index (χ3v) is 7.88. The van der Waals surface area contributed by atoms with E-state index in [9.17, 15) is 27.6 Å². The van der Waals surface area contributed by atoms with E-state index < -0.39 is 35.3 Å². The monoisotopic (exact) mass is 736 g/mol. The fraction of sp³-hybridized carbons (Fsp3) is 0.148. The summed E-state index contributed by atoms with van der Waals surface area (Å²) >= 11 is 14.8. The molecule has 1 heterocycles. The van der Waals surface area contributed by atoms with Crippen LogP contribution in [-0.2, 0) is 22.4 Å². The third kappa shape index (κ3) is 7.67. The molecule has 0 aromatic heterocycles. The summed E-state index contributed by atoms with van der Waals surface area (Å²) in [5.41, 5.74) is 0.181. The van der Waals surface area contributed by atoms with Crippen molar-refractivity contribution in [2.75, 3.05) is 19.0 Å². The average molecular weight is 737 g/mol. The maximum atomic E-state index is 12.9. The molecule has 214 valence electrons. The van der Waals surface area contributed by atoms with Crippen LogP contribution in [0.3, 0.4) is 0 Å². The fourth-order valence-electron chi connectivity index (χ4n) is 3.66. The fourth-order valence-corrected chi connectivity index (χ4v) is 5.74. The van der Waals surface area contributed by atoms with Crippen molar-refractivity contribution in [3.63, 3.8) is 0 Å². The van der Waals surface area contributed by atoms with E-state index in [1.54, 1.807) is 30.3 Å². The van der Waals surface area contributed by atoms with Gasteiger partial charge in [-0.05, 0) is 88.5 Å². The van der Waals surface area contributed by atoms with Crippen molar-refractivity contribution in [1.29, 1.82) is 0 Å². The summed E-state index contributed by atoms with van der Waals surface area (Å²) in [7, 11) is 1.45. The van der Waals surface area contributed by atoms with E-state index in [1.165, 1.54) is 19.3 Å². The molecule has 1 aliphatic heterocycles. The van der Waals surface area contributed by atoms with E-state index >= 15 is 0 Å². The second kappa shape index (κ2) is 12.9. The zero-order chi connectivity index (χ0) is 29.9. The number of nitrogens with zero attached hydrogens (tertiary/aromatic N) is 1. The summed E-state index contributed by atoms with van der Waals surface area (Å²) in [6.45, 7) is -0.525. The normalized spacial score (nSPS) is 14.5. The van der Waals surface area contributed by atoms with Crippen molar-refractivity contribution in [2.45, 2.75) is 12.8 Å². The van der Waals surface area contributed by atoms with Gasteiger partial charge in [-0.1, -0.05) is 35.3 Å². The first kappa shape index (κ1) is 31.0. The average Bonchev–Trinajstić information content (AvgIpc) is 3.15. The van der Waals surface area contributed by atoms with Crippen molar-refractivity contribution in [2.24, 2.45) is 0 Å². The number of halogens is 6. The molecule has 3 aromatic carbocycles. The number of anilines is 1. The van der Waals surface area contributed by atoms with Crippen LogP contribution in [0.2, 0.25) is 10.0 Å². The summed E-state index contributed by atoms with van der Waals surface area (Å²) in [4.78, 5) is 38.6. The zero-order valence-electron chi connectivity index (χ0n) is 20.9. The molecule has 4 rings (SSSR count). The number of benzene rings is 3. The number of alkyl halides is 3. The molecule has 1 saturated heterocycles. The Morgan fingerprint density at radius 2 is 1.88 bits per heavy atom. The lowest BCUT2D eigenvalue weighted by Crippen LogP contribution is -2.36. The number of amides is 3. The number of thioether (sulfide) groups is 1. The quantitative estimate of drug-likeness (QED) is 0.187. The van der Waals surface area contributed by atoms with Gasteiger partial charge < -0.3 is 14.8 Å². The van der Waals surface area contributed by atoms with Crippen LogP contribution in [0.4, 0.5) is 23.7 Å². The summed E-state index contributed by atoms with van der Waals surface area (Å²) in [6, 6.07) is 12.4. The predicted octanol–water partition coefficient (Wildman–Crippen LogP) is 7.88. The summed E-state index contributed by atoms with van der Waals surface area (Å²) in [5, 5.41) is 2.54. The molecule has 3 amide bonds. The Labute approximate surface area is 260 Å².